The molecule has 0 saturated carbocycles. The third-order valence-electron chi connectivity index (χ3n) is 3.71. The van der Waals surface area contributed by atoms with Gasteiger partial charge in [0.1, 0.15) is 0 Å². The number of carboxylic acids is 2. The molecule has 0 heterocycles. The van der Waals surface area contributed by atoms with Crippen LogP contribution in [0.4, 0.5) is 5.69 Å². The Balaban J connectivity index is 0.000000283. The number of nitrogens with one attached hydrogen (secondary N) is 1. The fraction of sp³-hybridized carbons (Fsp3) is 0.235. The minimum atomic E-state index is -4.92. The maximum absolute atomic E-state index is 11.4. The second-order valence-corrected chi connectivity index (χ2v) is 9.59. The number of para-hydroxylation sites is 1. The summed E-state index contributed by atoms with van der Waals surface area (Å²) in [5.74, 6) is -2.44. The van der Waals surface area contributed by atoms with Crippen molar-refractivity contribution in [3.05, 3.63) is 48.1 Å². The number of carbonyl (C=O) groups excluding carboxylic acids is 1. The van der Waals surface area contributed by atoms with E-state index in [9.17, 15) is 22.2 Å². The third kappa shape index (κ3) is 6.21. The van der Waals surface area contributed by atoms with Crippen LogP contribution in [-0.4, -0.2) is 51.6 Å². The molecule has 5 N–H and O–H groups in total. The molecule has 1 aromatic rings. The van der Waals surface area contributed by atoms with Crippen LogP contribution in [-0.2, 0) is 22.0 Å². The molecule has 1 amide bonds. The van der Waals surface area contributed by atoms with Gasteiger partial charge in [-0.05, 0) is 13.3 Å². The molecular formula is C17H20AsNO9. The van der Waals surface area contributed by atoms with Gasteiger partial charge in [-0.25, -0.2) is 4.79 Å². The molecule has 1 aliphatic rings. The number of benzene rings is 1. The van der Waals surface area contributed by atoms with Crippen LogP contribution in [0.3, 0.4) is 0 Å². The van der Waals surface area contributed by atoms with Crippen molar-refractivity contribution in [3.63, 3.8) is 0 Å². The molecule has 0 saturated heterocycles. The number of aliphatic carboxylic acids is 2. The number of amides is 1. The van der Waals surface area contributed by atoms with E-state index in [0.29, 0.717) is 0 Å². The van der Waals surface area contributed by atoms with E-state index in [4.69, 9.17) is 15.5 Å². The summed E-state index contributed by atoms with van der Waals surface area (Å²) in [6.45, 7) is 2.77. The van der Waals surface area contributed by atoms with Crippen molar-refractivity contribution < 1.29 is 41.6 Å². The first-order chi connectivity index (χ1) is 12.9. The molecule has 0 bridgehead atoms. The minimum Gasteiger partial charge on any atom is -0.481 e. The van der Waals surface area contributed by atoms with Gasteiger partial charge in [0, 0.05) is 5.57 Å². The molecule has 10 nitrogen and oxygen atoms in total. The van der Waals surface area contributed by atoms with E-state index in [1.807, 2.05) is 0 Å². The molecule has 0 aromatic heterocycles. The van der Waals surface area contributed by atoms with Gasteiger partial charge in [0.25, 0.3) is 0 Å². The summed E-state index contributed by atoms with van der Waals surface area (Å²) in [6, 6.07) is 5.84. The monoisotopic (exact) mass is 457 g/mol. The van der Waals surface area contributed by atoms with Gasteiger partial charge in [-0.2, -0.15) is 0 Å². The number of allylic oxidation sites excluding steroid dienone is 2. The quantitative estimate of drug-likeness (QED) is 0.243. The molecule has 1 aliphatic carbocycles. The zero-order chi connectivity index (χ0) is 21.5. The zero-order valence-electron chi connectivity index (χ0n) is 15.0. The van der Waals surface area contributed by atoms with Crippen LogP contribution in [0.25, 0.3) is 0 Å². The predicted molar refractivity (Wildman–Crippen MR) is 98.0 cm³/mol. The fourth-order valence-corrected chi connectivity index (χ4v) is 3.92. The number of hydrogen-bond donors (Lipinski definition) is 5. The Kier molecular flexibility index (Phi) is 7.95. The molecule has 2 rings (SSSR count). The van der Waals surface area contributed by atoms with Gasteiger partial charge in [0.05, 0.1) is 5.41 Å². The van der Waals surface area contributed by atoms with Gasteiger partial charge in [0.2, 0.25) is 0 Å². The van der Waals surface area contributed by atoms with E-state index in [0.717, 1.165) is 0 Å². The van der Waals surface area contributed by atoms with Crippen LogP contribution in [0.5, 0.6) is 0 Å². The van der Waals surface area contributed by atoms with Crippen LogP contribution in [0.1, 0.15) is 20.3 Å². The molecule has 28 heavy (non-hydrogen) atoms. The number of carboxylic acid groups (broad SMARTS) is 2. The molecule has 0 radical (unpaired) electrons. The van der Waals surface area contributed by atoms with Gasteiger partial charge in [-0.3, -0.25) is 4.79 Å². The summed E-state index contributed by atoms with van der Waals surface area (Å²) in [5, 5.41) is 28.2. The van der Waals surface area contributed by atoms with Crippen LogP contribution in [0.15, 0.2) is 48.1 Å². The van der Waals surface area contributed by atoms with E-state index < -0.39 is 31.5 Å². The fourth-order valence-electron chi connectivity index (χ4n) is 2.24. The van der Waals surface area contributed by atoms with Crippen molar-refractivity contribution in [3.8, 4) is 0 Å². The second kappa shape index (κ2) is 9.52. The second-order valence-electron chi connectivity index (χ2n) is 6.06. The van der Waals surface area contributed by atoms with E-state index in [2.05, 4.69) is 9.19 Å². The Morgan fingerprint density at radius 2 is 1.82 bits per heavy atom. The first-order valence-electron chi connectivity index (χ1n) is 7.81. The van der Waals surface area contributed by atoms with Gasteiger partial charge in [0.15, 0.2) is 0 Å². The van der Waals surface area contributed by atoms with Crippen LogP contribution < -0.4 is 9.67 Å². The van der Waals surface area contributed by atoms with Crippen molar-refractivity contribution in [2.24, 2.45) is 5.41 Å². The summed E-state index contributed by atoms with van der Waals surface area (Å²) in [6.07, 6.45) is 4.43. The van der Waals surface area contributed by atoms with Crippen molar-refractivity contribution in [1.82, 2.24) is 0 Å². The third-order valence-corrected chi connectivity index (χ3v) is 6.27. The Morgan fingerprint density at radius 1 is 1.21 bits per heavy atom. The van der Waals surface area contributed by atoms with Gasteiger partial charge < -0.3 is 10.2 Å². The summed E-state index contributed by atoms with van der Waals surface area (Å²) < 4.78 is 24.1. The van der Waals surface area contributed by atoms with Gasteiger partial charge >= 0.3 is 100 Å². The largest absolute Gasteiger partial charge is 0.481 e. The molecule has 0 spiro atoms. The normalized spacial score (nSPS) is 20.1. The topological polar surface area (TPSA) is 170 Å². The Hall–Kier alpha value is -2.65. The van der Waals surface area contributed by atoms with Crippen LogP contribution in [0, 0.1) is 5.41 Å². The predicted octanol–water partition coefficient (Wildman–Crippen LogP) is 0.751. The summed E-state index contributed by atoms with van der Waals surface area (Å²) in [4.78, 5) is 32.1. The average molecular weight is 457 g/mol. The Bertz CT molecular complexity index is 877. The Morgan fingerprint density at radius 3 is 2.32 bits per heavy atom. The number of carbonyl (C=O) groups is 3. The molecule has 0 aliphatic heterocycles. The molecule has 0 fully saturated rings. The van der Waals surface area contributed by atoms with Gasteiger partial charge in [-0.15, -0.1) is 0 Å². The maximum atomic E-state index is 11.4. The standard InChI is InChI=1S/C9H10O4.C8H10AsNO5/c1-9(8(12)13)4-2-3-6(5-9)7(10)11;1-6(11)10-8-5-3-2-4-7(8)9(12,13)15-14/h2-4H,5H2,1H3,(H,10,11)(H,12,13);2-5,14H,1H3,(H,10,11)(H,12,13). The van der Waals surface area contributed by atoms with Crippen molar-refractivity contribution in [1.29, 1.82) is 0 Å². The molecule has 1 aromatic carbocycles. The van der Waals surface area contributed by atoms with Crippen LogP contribution in [0.2, 0.25) is 0 Å². The molecule has 152 valence electrons. The van der Waals surface area contributed by atoms with Crippen molar-refractivity contribution >= 4 is 42.1 Å². The SMILES string of the molecule is CC(=O)Nc1ccccc1[As](=O)(O)OO.CC1(C(=O)O)C=CC=C(C(=O)O)C1. The van der Waals surface area contributed by atoms with Gasteiger partial charge in [-0.1, -0.05) is 18.2 Å². The van der Waals surface area contributed by atoms with Crippen molar-refractivity contribution in [2.45, 2.75) is 20.3 Å². The first kappa shape index (κ1) is 23.4. The van der Waals surface area contributed by atoms with E-state index >= 15 is 0 Å². The minimum absolute atomic E-state index is 0.0359. The molecule has 2 atom stereocenters. The van der Waals surface area contributed by atoms with Crippen molar-refractivity contribution in [2.75, 3.05) is 5.32 Å². The smallest absolute Gasteiger partial charge is 0.331 e. The molecular weight excluding hydrogens is 437 g/mol. The molecule has 11 heteroatoms. The number of hydrogen-bond acceptors (Lipinski definition) is 6. The summed E-state index contributed by atoms with van der Waals surface area (Å²) in [5.41, 5.74) is -0.792. The first-order valence-corrected chi connectivity index (χ1v) is 11.1. The number of anilines is 1. The van der Waals surface area contributed by atoms with E-state index in [1.165, 1.54) is 50.3 Å². The van der Waals surface area contributed by atoms with E-state index in [1.54, 1.807) is 6.07 Å². The summed E-state index contributed by atoms with van der Waals surface area (Å²) in [7, 11) is 0. The summed E-state index contributed by atoms with van der Waals surface area (Å²) >= 11 is -4.92. The van der Waals surface area contributed by atoms with E-state index in [-0.39, 0.29) is 27.9 Å². The zero-order valence-corrected chi connectivity index (χ0v) is 16.9. The molecule has 2 unspecified atom stereocenters. The average Bonchev–Trinajstić information content (AvgIpc) is 2.62. The Labute approximate surface area is 163 Å². The maximum Gasteiger partial charge on any atom is 0.331 e. The number of rotatable bonds is 5. The van der Waals surface area contributed by atoms with Crippen LogP contribution >= 0.6 is 0 Å².